The summed E-state index contributed by atoms with van der Waals surface area (Å²) in [7, 11) is 0. The molecule has 0 spiro atoms. The molecule has 2 rings (SSSR count). The van der Waals surface area contributed by atoms with E-state index in [0.29, 0.717) is 0 Å². The topological polar surface area (TPSA) is 74.1 Å². The van der Waals surface area contributed by atoms with Crippen LogP contribution in [0.4, 0.5) is 4.79 Å². The zero-order valence-electron chi connectivity index (χ0n) is 9.28. The van der Waals surface area contributed by atoms with Crippen molar-refractivity contribution in [2.45, 2.75) is 25.4 Å². The van der Waals surface area contributed by atoms with Crippen molar-refractivity contribution in [2.24, 2.45) is 5.73 Å². The molecule has 1 fully saturated rings. The molecule has 1 saturated heterocycles. The van der Waals surface area contributed by atoms with Crippen molar-refractivity contribution < 1.29 is 4.79 Å². The second-order valence-corrected chi connectivity index (χ2v) is 4.15. The highest BCUT2D eigenvalue weighted by Crippen LogP contribution is 2.21. The van der Waals surface area contributed by atoms with E-state index in [1.165, 1.54) is 19.3 Å². The van der Waals surface area contributed by atoms with Gasteiger partial charge in [-0.1, -0.05) is 6.42 Å². The minimum Gasteiger partial charge on any atom is -0.367 e. The Morgan fingerprint density at radius 1 is 1.44 bits per heavy atom. The number of rotatable bonds is 3. The summed E-state index contributed by atoms with van der Waals surface area (Å²) in [5, 5.41) is 2.80. The van der Waals surface area contributed by atoms with Crippen LogP contribution in [0.5, 0.6) is 0 Å². The molecule has 1 aliphatic rings. The standard InChI is InChI=1S/C11H18N4O/c12-11(16)14-10(9-4-5-13-8-9)15-6-2-1-3-7-15/h4-5,8,10,13H,1-3,6-7H2,(H3,12,14,16). The van der Waals surface area contributed by atoms with Crippen LogP contribution in [-0.2, 0) is 0 Å². The first-order chi connectivity index (χ1) is 7.77. The van der Waals surface area contributed by atoms with Gasteiger partial charge >= 0.3 is 6.03 Å². The lowest BCUT2D eigenvalue weighted by molar-refractivity contribution is 0.141. The fraction of sp³-hybridized carbons (Fsp3) is 0.545. The highest BCUT2D eigenvalue weighted by Gasteiger charge is 2.23. The summed E-state index contributed by atoms with van der Waals surface area (Å²) in [6.45, 7) is 2.02. The molecule has 1 aliphatic heterocycles. The van der Waals surface area contributed by atoms with Gasteiger partial charge in [-0.15, -0.1) is 0 Å². The summed E-state index contributed by atoms with van der Waals surface area (Å²) >= 11 is 0. The van der Waals surface area contributed by atoms with E-state index >= 15 is 0 Å². The molecule has 0 radical (unpaired) electrons. The van der Waals surface area contributed by atoms with Crippen molar-refractivity contribution >= 4 is 6.03 Å². The summed E-state index contributed by atoms with van der Waals surface area (Å²) in [6, 6.07) is 1.49. The Hall–Kier alpha value is -1.49. The maximum absolute atomic E-state index is 11.0. The molecule has 0 aromatic carbocycles. The molecule has 2 amide bonds. The lowest BCUT2D eigenvalue weighted by atomic mass is 10.1. The Labute approximate surface area is 95.0 Å². The smallest absolute Gasteiger partial charge is 0.313 e. The van der Waals surface area contributed by atoms with Crippen LogP contribution in [0.1, 0.15) is 31.0 Å². The normalized spacial score (nSPS) is 19.2. The number of H-pyrrole nitrogens is 1. The third kappa shape index (κ3) is 2.55. The fourth-order valence-corrected chi connectivity index (χ4v) is 2.20. The van der Waals surface area contributed by atoms with Gasteiger partial charge in [-0.05, 0) is 18.9 Å². The zero-order valence-corrected chi connectivity index (χ0v) is 9.28. The van der Waals surface area contributed by atoms with Gasteiger partial charge in [0, 0.05) is 31.0 Å². The maximum Gasteiger partial charge on any atom is 0.313 e. The van der Waals surface area contributed by atoms with E-state index in [1.807, 2.05) is 18.5 Å². The monoisotopic (exact) mass is 222 g/mol. The first kappa shape index (κ1) is 11.0. The predicted octanol–water partition coefficient (Wildman–Crippen LogP) is 1.17. The Bertz CT molecular complexity index is 330. The van der Waals surface area contributed by atoms with E-state index in [4.69, 9.17) is 5.73 Å². The number of nitrogens with one attached hydrogen (secondary N) is 2. The highest BCUT2D eigenvalue weighted by atomic mass is 16.2. The molecular weight excluding hydrogens is 204 g/mol. The number of amides is 2. The summed E-state index contributed by atoms with van der Waals surface area (Å²) in [6.07, 6.45) is 7.30. The Balaban J connectivity index is 2.10. The van der Waals surface area contributed by atoms with Gasteiger partial charge in [0.25, 0.3) is 0 Å². The van der Waals surface area contributed by atoms with E-state index in [1.54, 1.807) is 0 Å². The molecule has 0 saturated carbocycles. The number of piperidine rings is 1. The van der Waals surface area contributed by atoms with Crippen molar-refractivity contribution in [2.75, 3.05) is 13.1 Å². The average Bonchev–Trinajstić information content (AvgIpc) is 2.80. The molecule has 1 atom stereocenters. The quantitative estimate of drug-likeness (QED) is 0.718. The van der Waals surface area contributed by atoms with E-state index in [0.717, 1.165) is 18.7 Å². The minimum atomic E-state index is -0.475. The van der Waals surface area contributed by atoms with Gasteiger partial charge in [0.05, 0.1) is 0 Å². The average molecular weight is 222 g/mol. The van der Waals surface area contributed by atoms with E-state index in [2.05, 4.69) is 15.2 Å². The number of likely N-dealkylation sites (tertiary alicyclic amines) is 1. The molecule has 0 aliphatic carbocycles. The van der Waals surface area contributed by atoms with Crippen LogP contribution in [0.15, 0.2) is 18.5 Å². The zero-order chi connectivity index (χ0) is 11.4. The van der Waals surface area contributed by atoms with Crippen LogP contribution in [0.2, 0.25) is 0 Å². The number of aromatic amines is 1. The van der Waals surface area contributed by atoms with Crippen molar-refractivity contribution in [1.82, 2.24) is 15.2 Å². The summed E-state index contributed by atoms with van der Waals surface area (Å²) in [5.74, 6) is 0. The lowest BCUT2D eigenvalue weighted by Crippen LogP contribution is -2.45. The molecule has 1 aromatic heterocycles. The molecule has 16 heavy (non-hydrogen) atoms. The molecule has 1 unspecified atom stereocenters. The second-order valence-electron chi connectivity index (χ2n) is 4.15. The highest BCUT2D eigenvalue weighted by molar-refractivity contribution is 5.72. The SMILES string of the molecule is NC(=O)NC(c1cc[nH]c1)N1CCCCC1. The van der Waals surface area contributed by atoms with Crippen molar-refractivity contribution in [3.63, 3.8) is 0 Å². The summed E-state index contributed by atoms with van der Waals surface area (Å²) < 4.78 is 0. The number of carbonyl (C=O) groups excluding carboxylic acids is 1. The Morgan fingerprint density at radius 2 is 2.19 bits per heavy atom. The van der Waals surface area contributed by atoms with Crippen LogP contribution < -0.4 is 11.1 Å². The number of primary amides is 1. The fourth-order valence-electron chi connectivity index (χ4n) is 2.20. The van der Waals surface area contributed by atoms with E-state index in [9.17, 15) is 4.79 Å². The van der Waals surface area contributed by atoms with Gasteiger partial charge in [-0.25, -0.2) is 4.79 Å². The number of hydrogen-bond acceptors (Lipinski definition) is 2. The molecular formula is C11H18N4O. The van der Waals surface area contributed by atoms with Crippen molar-refractivity contribution in [3.05, 3.63) is 24.0 Å². The first-order valence-corrected chi connectivity index (χ1v) is 5.70. The Kier molecular flexibility index (Phi) is 3.46. The Morgan fingerprint density at radius 3 is 2.75 bits per heavy atom. The van der Waals surface area contributed by atoms with Crippen LogP contribution in [0.25, 0.3) is 0 Å². The molecule has 5 nitrogen and oxygen atoms in total. The number of carbonyl (C=O) groups is 1. The molecule has 1 aromatic rings. The molecule has 2 heterocycles. The van der Waals surface area contributed by atoms with Gasteiger partial charge in [0.2, 0.25) is 0 Å². The summed E-state index contributed by atoms with van der Waals surface area (Å²) in [4.78, 5) is 16.3. The third-order valence-corrected chi connectivity index (χ3v) is 2.97. The minimum absolute atomic E-state index is 0.0935. The molecule has 88 valence electrons. The van der Waals surface area contributed by atoms with Crippen LogP contribution >= 0.6 is 0 Å². The van der Waals surface area contributed by atoms with Crippen LogP contribution in [0.3, 0.4) is 0 Å². The molecule has 0 bridgehead atoms. The van der Waals surface area contributed by atoms with Crippen molar-refractivity contribution in [1.29, 1.82) is 0 Å². The van der Waals surface area contributed by atoms with Gasteiger partial charge in [0.1, 0.15) is 6.17 Å². The molecule has 4 N–H and O–H groups in total. The van der Waals surface area contributed by atoms with Gasteiger partial charge in [0.15, 0.2) is 0 Å². The van der Waals surface area contributed by atoms with Gasteiger partial charge in [-0.2, -0.15) is 0 Å². The molecule has 5 heteroatoms. The number of nitrogens with two attached hydrogens (primary N) is 1. The third-order valence-electron chi connectivity index (χ3n) is 2.97. The number of hydrogen-bond donors (Lipinski definition) is 3. The van der Waals surface area contributed by atoms with Gasteiger partial charge in [-0.3, -0.25) is 4.90 Å². The van der Waals surface area contributed by atoms with Crippen molar-refractivity contribution in [3.8, 4) is 0 Å². The first-order valence-electron chi connectivity index (χ1n) is 5.70. The predicted molar refractivity (Wildman–Crippen MR) is 61.7 cm³/mol. The maximum atomic E-state index is 11.0. The van der Waals surface area contributed by atoms with Gasteiger partial charge < -0.3 is 16.0 Å². The van der Waals surface area contributed by atoms with E-state index in [-0.39, 0.29) is 6.17 Å². The number of aromatic nitrogens is 1. The lowest BCUT2D eigenvalue weighted by Gasteiger charge is -2.34. The number of urea groups is 1. The largest absolute Gasteiger partial charge is 0.367 e. The van der Waals surface area contributed by atoms with Crippen LogP contribution in [0, 0.1) is 0 Å². The number of nitrogens with zero attached hydrogens (tertiary/aromatic N) is 1. The van der Waals surface area contributed by atoms with Crippen LogP contribution in [-0.4, -0.2) is 29.0 Å². The van der Waals surface area contributed by atoms with E-state index < -0.39 is 6.03 Å². The second kappa shape index (κ2) is 5.03. The summed E-state index contributed by atoms with van der Waals surface area (Å²) in [5.41, 5.74) is 6.28.